The van der Waals surface area contributed by atoms with Crippen LogP contribution in [0.1, 0.15) is 0 Å². The van der Waals surface area contributed by atoms with Crippen molar-refractivity contribution in [2.24, 2.45) is 0 Å². The van der Waals surface area contributed by atoms with Gasteiger partial charge in [0.2, 0.25) is 0 Å². The Kier molecular flexibility index (Phi) is 4.08. The van der Waals surface area contributed by atoms with E-state index in [1.807, 2.05) is 36.4 Å². The maximum atomic E-state index is 2.12. The maximum absolute atomic E-state index is 2.12. The molecule has 72 valence electrons. The van der Waals surface area contributed by atoms with Crippen molar-refractivity contribution in [2.45, 2.75) is 6.67 Å². The molecular weight excluding hydrogens is 196 g/mol. The molecule has 2 rings (SSSR count). The Labute approximate surface area is 89.9 Å². The molecule has 14 heavy (non-hydrogen) atoms. The fourth-order valence-electron chi connectivity index (χ4n) is 1.25. The van der Waals surface area contributed by atoms with Crippen molar-refractivity contribution in [1.82, 2.24) is 0 Å². The lowest BCUT2D eigenvalue weighted by Gasteiger charge is -1.91. The molecule has 0 unspecified atom stereocenters. The molecule has 0 spiro atoms. The van der Waals surface area contributed by atoms with Gasteiger partial charge in [0.15, 0.2) is 24.8 Å². The summed E-state index contributed by atoms with van der Waals surface area (Å²) < 4.78 is 4.25. The molecule has 2 aromatic rings. The van der Waals surface area contributed by atoms with E-state index in [2.05, 4.69) is 33.9 Å². The van der Waals surface area contributed by atoms with E-state index >= 15 is 0 Å². The van der Waals surface area contributed by atoms with Crippen LogP contribution in [0.2, 0.25) is 0 Å². The first kappa shape index (κ1) is 10.7. The average molecular weight is 208 g/mol. The van der Waals surface area contributed by atoms with Gasteiger partial charge >= 0.3 is 6.67 Å². The quantitative estimate of drug-likeness (QED) is 0.493. The van der Waals surface area contributed by atoms with Crippen LogP contribution in [0, 0.1) is 0 Å². The fraction of sp³-hybridized carbons (Fsp3) is 0.0909. The molecular formula is C11H12ClN2+. The third-order valence-corrected chi connectivity index (χ3v) is 1.88. The largest absolute Gasteiger partial charge is 1.00 e. The van der Waals surface area contributed by atoms with Gasteiger partial charge in [0, 0.05) is 24.3 Å². The first-order valence-corrected chi connectivity index (χ1v) is 4.33. The van der Waals surface area contributed by atoms with Crippen molar-refractivity contribution in [3.8, 4) is 0 Å². The number of hydrogen-bond acceptors (Lipinski definition) is 0. The second-order valence-corrected chi connectivity index (χ2v) is 2.92. The lowest BCUT2D eigenvalue weighted by molar-refractivity contribution is -0.913. The van der Waals surface area contributed by atoms with Crippen molar-refractivity contribution in [1.29, 1.82) is 0 Å². The third-order valence-electron chi connectivity index (χ3n) is 1.88. The van der Waals surface area contributed by atoms with E-state index < -0.39 is 0 Å². The molecule has 0 saturated carbocycles. The van der Waals surface area contributed by atoms with Gasteiger partial charge in [-0.1, -0.05) is 12.1 Å². The zero-order chi connectivity index (χ0) is 8.93. The molecule has 0 N–H and O–H groups in total. The van der Waals surface area contributed by atoms with Crippen LogP contribution in [0.25, 0.3) is 0 Å². The van der Waals surface area contributed by atoms with Gasteiger partial charge in [-0.3, -0.25) is 0 Å². The third kappa shape index (κ3) is 2.82. The zero-order valence-corrected chi connectivity index (χ0v) is 8.51. The fourth-order valence-corrected chi connectivity index (χ4v) is 1.25. The summed E-state index contributed by atoms with van der Waals surface area (Å²) in [6.07, 6.45) is 8.22. The number of rotatable bonds is 2. The van der Waals surface area contributed by atoms with E-state index in [-0.39, 0.29) is 12.4 Å². The van der Waals surface area contributed by atoms with Crippen LogP contribution >= 0.6 is 0 Å². The zero-order valence-electron chi connectivity index (χ0n) is 7.75. The van der Waals surface area contributed by atoms with Crippen LogP contribution in [-0.4, -0.2) is 0 Å². The number of aromatic nitrogens is 2. The smallest absolute Gasteiger partial charge is 0.343 e. The van der Waals surface area contributed by atoms with Gasteiger partial charge < -0.3 is 12.4 Å². The SMILES string of the molecule is [Cl-].c1cc[n+](C[n+]2ccccc2)cc1. The molecule has 0 bridgehead atoms. The summed E-state index contributed by atoms with van der Waals surface area (Å²) in [6, 6.07) is 12.2. The predicted molar refractivity (Wildman–Crippen MR) is 48.7 cm³/mol. The van der Waals surface area contributed by atoms with Gasteiger partial charge in [-0.05, 0) is 0 Å². The van der Waals surface area contributed by atoms with Gasteiger partial charge in [-0.25, -0.2) is 0 Å². The molecule has 0 saturated heterocycles. The van der Waals surface area contributed by atoms with E-state index in [0.29, 0.717) is 0 Å². The minimum atomic E-state index is 0. The Bertz CT molecular complexity index is 324. The molecule has 2 aromatic heterocycles. The predicted octanol–water partition coefficient (Wildman–Crippen LogP) is -2.23. The molecule has 0 fully saturated rings. The highest BCUT2D eigenvalue weighted by atomic mass is 35.5. The Morgan fingerprint density at radius 1 is 0.571 bits per heavy atom. The molecule has 0 atom stereocenters. The second-order valence-electron chi connectivity index (χ2n) is 2.92. The van der Waals surface area contributed by atoms with E-state index in [1.165, 1.54) is 0 Å². The normalized spacial score (nSPS) is 9.14. The molecule has 0 aliphatic heterocycles. The van der Waals surface area contributed by atoms with Crippen molar-refractivity contribution >= 4 is 0 Å². The van der Waals surface area contributed by atoms with Gasteiger partial charge in [0.1, 0.15) is 0 Å². The van der Waals surface area contributed by atoms with Gasteiger partial charge in [0.05, 0.1) is 0 Å². The highest BCUT2D eigenvalue weighted by Crippen LogP contribution is 1.77. The van der Waals surface area contributed by atoms with Crippen molar-refractivity contribution in [3.63, 3.8) is 0 Å². The Hall–Kier alpha value is -1.41. The number of pyridine rings is 2. The summed E-state index contributed by atoms with van der Waals surface area (Å²) in [4.78, 5) is 0. The number of nitrogens with zero attached hydrogens (tertiary/aromatic N) is 2. The van der Waals surface area contributed by atoms with Crippen LogP contribution in [0.3, 0.4) is 0 Å². The summed E-state index contributed by atoms with van der Waals surface area (Å²) in [7, 11) is 0. The standard InChI is InChI=1S/C11H12N2.ClH/c1-3-7-12(8-4-1)11-13-9-5-2-6-10-13;/h1-10H,11H2;1H/q+2;/p-1. The molecule has 2 heterocycles. The van der Waals surface area contributed by atoms with Crippen molar-refractivity contribution in [2.75, 3.05) is 0 Å². The van der Waals surface area contributed by atoms with E-state index in [4.69, 9.17) is 0 Å². The molecule has 0 aromatic carbocycles. The van der Waals surface area contributed by atoms with Gasteiger partial charge in [0.25, 0.3) is 0 Å². The highest BCUT2D eigenvalue weighted by molar-refractivity contribution is 4.84. The van der Waals surface area contributed by atoms with E-state index in [1.54, 1.807) is 0 Å². The summed E-state index contributed by atoms with van der Waals surface area (Å²) in [5, 5.41) is 0. The highest BCUT2D eigenvalue weighted by Gasteiger charge is 2.03. The van der Waals surface area contributed by atoms with Crippen LogP contribution in [0.15, 0.2) is 61.2 Å². The maximum Gasteiger partial charge on any atom is 0.343 e. The molecule has 0 aliphatic carbocycles. The molecule has 3 heteroatoms. The van der Waals surface area contributed by atoms with Crippen LogP contribution in [-0.2, 0) is 6.67 Å². The van der Waals surface area contributed by atoms with Crippen LogP contribution in [0.5, 0.6) is 0 Å². The van der Waals surface area contributed by atoms with E-state index in [0.717, 1.165) is 6.67 Å². The lowest BCUT2D eigenvalue weighted by Crippen LogP contribution is -3.00. The summed E-state index contributed by atoms with van der Waals surface area (Å²) >= 11 is 0. The van der Waals surface area contributed by atoms with Crippen molar-refractivity contribution < 1.29 is 21.5 Å². The van der Waals surface area contributed by atoms with Gasteiger partial charge in [-0.2, -0.15) is 0 Å². The first-order valence-electron chi connectivity index (χ1n) is 4.33. The Morgan fingerprint density at radius 3 is 1.29 bits per heavy atom. The van der Waals surface area contributed by atoms with E-state index in [9.17, 15) is 0 Å². The van der Waals surface area contributed by atoms with Gasteiger partial charge in [-0.15, -0.1) is 9.13 Å². The average Bonchev–Trinajstić information content (AvgIpc) is 2.21. The molecule has 2 nitrogen and oxygen atoms in total. The van der Waals surface area contributed by atoms with Crippen molar-refractivity contribution in [3.05, 3.63) is 61.2 Å². The molecule has 0 aliphatic rings. The first-order chi connectivity index (χ1) is 6.45. The lowest BCUT2D eigenvalue weighted by atomic mass is 10.5. The summed E-state index contributed by atoms with van der Waals surface area (Å²) in [6.45, 7) is 0.863. The molecule has 0 amide bonds. The Morgan fingerprint density at radius 2 is 0.929 bits per heavy atom. The summed E-state index contributed by atoms with van der Waals surface area (Å²) in [5.74, 6) is 0. The number of halogens is 1. The summed E-state index contributed by atoms with van der Waals surface area (Å²) in [5.41, 5.74) is 0. The minimum absolute atomic E-state index is 0. The monoisotopic (exact) mass is 207 g/mol. The Balaban J connectivity index is 0.000000980. The topological polar surface area (TPSA) is 7.76 Å². The molecule has 0 radical (unpaired) electrons. The van der Waals surface area contributed by atoms with Crippen LogP contribution < -0.4 is 21.5 Å². The second kappa shape index (κ2) is 5.35. The van der Waals surface area contributed by atoms with Crippen LogP contribution in [0.4, 0.5) is 0 Å². The minimum Gasteiger partial charge on any atom is -1.00 e. The number of hydrogen-bond donors (Lipinski definition) is 0.